The fraction of sp³-hybridized carbons (Fsp3) is 0.450. The summed E-state index contributed by atoms with van der Waals surface area (Å²) in [5, 5.41) is 13.9. The van der Waals surface area contributed by atoms with Crippen LogP contribution >= 0.6 is 24.0 Å². The van der Waals surface area contributed by atoms with Crippen molar-refractivity contribution in [1.29, 1.82) is 0 Å². The first-order chi connectivity index (χ1) is 13.2. The lowest BCUT2D eigenvalue weighted by Crippen LogP contribution is -2.41. The van der Waals surface area contributed by atoms with Gasteiger partial charge < -0.3 is 16.0 Å². The third-order valence-electron chi connectivity index (χ3n) is 4.59. The summed E-state index contributed by atoms with van der Waals surface area (Å²) in [6.45, 7) is 7.22. The molecule has 2 heterocycles. The van der Waals surface area contributed by atoms with E-state index in [1.807, 2.05) is 42.1 Å². The van der Waals surface area contributed by atoms with E-state index in [1.54, 1.807) is 6.20 Å². The molecule has 3 rings (SSSR count). The van der Waals surface area contributed by atoms with Crippen molar-refractivity contribution in [2.75, 3.05) is 25.0 Å². The second-order valence-corrected chi connectivity index (χ2v) is 6.97. The highest BCUT2D eigenvalue weighted by Crippen LogP contribution is 2.31. The molecule has 0 radical (unpaired) electrons. The zero-order valence-electron chi connectivity index (χ0n) is 16.4. The topological polar surface area (TPSA) is 83.3 Å². The second kappa shape index (κ2) is 11.0. The number of aliphatic imine (C=N–C) groups is 1. The largest absolute Gasteiger partial charge is 0.357 e. The molecule has 0 saturated heterocycles. The highest BCUT2D eigenvalue weighted by Gasteiger charge is 2.24. The summed E-state index contributed by atoms with van der Waals surface area (Å²) in [7, 11) is 0. The van der Waals surface area contributed by atoms with Crippen LogP contribution in [0.3, 0.4) is 0 Å². The lowest BCUT2D eigenvalue weighted by molar-refractivity contribution is -0.116. The molecule has 2 atom stereocenters. The lowest BCUT2D eigenvalue weighted by Gasteiger charge is -2.26. The van der Waals surface area contributed by atoms with E-state index >= 15 is 0 Å². The maximum absolute atomic E-state index is 12.0. The molecule has 0 bridgehead atoms. The molecule has 1 aromatic carbocycles. The molecule has 3 N–H and O–H groups in total. The van der Waals surface area contributed by atoms with Crippen LogP contribution in [0.2, 0.25) is 0 Å². The third-order valence-corrected chi connectivity index (χ3v) is 4.59. The van der Waals surface area contributed by atoms with E-state index in [0.717, 1.165) is 24.7 Å². The minimum atomic E-state index is 0. The van der Waals surface area contributed by atoms with Crippen molar-refractivity contribution >= 4 is 41.5 Å². The molecule has 152 valence electrons. The Morgan fingerprint density at radius 2 is 2.18 bits per heavy atom. The Morgan fingerprint density at radius 3 is 2.93 bits per heavy atom. The molecule has 0 spiro atoms. The third kappa shape index (κ3) is 6.22. The van der Waals surface area contributed by atoms with Gasteiger partial charge in [-0.25, -0.2) is 0 Å². The number of amides is 1. The zero-order valence-corrected chi connectivity index (χ0v) is 18.7. The average molecular weight is 496 g/mol. The van der Waals surface area contributed by atoms with E-state index < -0.39 is 0 Å². The second-order valence-electron chi connectivity index (χ2n) is 6.97. The van der Waals surface area contributed by atoms with Gasteiger partial charge in [-0.15, -0.1) is 24.0 Å². The number of hydrogen-bond acceptors (Lipinski definition) is 3. The van der Waals surface area contributed by atoms with Gasteiger partial charge in [-0.05, 0) is 30.5 Å². The van der Waals surface area contributed by atoms with Crippen molar-refractivity contribution in [3.63, 3.8) is 0 Å². The number of guanidine groups is 1. The monoisotopic (exact) mass is 496 g/mol. The molecule has 1 amide bonds. The van der Waals surface area contributed by atoms with Crippen molar-refractivity contribution in [2.24, 2.45) is 10.9 Å². The number of benzene rings is 1. The van der Waals surface area contributed by atoms with Crippen LogP contribution < -0.4 is 16.0 Å². The van der Waals surface area contributed by atoms with Crippen molar-refractivity contribution in [2.45, 2.75) is 32.7 Å². The van der Waals surface area contributed by atoms with Gasteiger partial charge in [0.15, 0.2) is 5.96 Å². The summed E-state index contributed by atoms with van der Waals surface area (Å²) in [5.74, 6) is 1.37. The number of carbonyl (C=O) groups is 1. The maximum Gasteiger partial charge on any atom is 0.225 e. The van der Waals surface area contributed by atoms with Gasteiger partial charge >= 0.3 is 0 Å². The minimum Gasteiger partial charge on any atom is -0.357 e. The summed E-state index contributed by atoms with van der Waals surface area (Å²) in [6.07, 6.45) is 4.24. The van der Waals surface area contributed by atoms with Crippen molar-refractivity contribution < 1.29 is 4.79 Å². The summed E-state index contributed by atoms with van der Waals surface area (Å²) in [5.41, 5.74) is 2.09. The molecule has 7 nitrogen and oxygen atoms in total. The zero-order chi connectivity index (χ0) is 19.1. The molecule has 1 aliphatic heterocycles. The van der Waals surface area contributed by atoms with E-state index in [0.29, 0.717) is 25.4 Å². The highest BCUT2D eigenvalue weighted by molar-refractivity contribution is 14.0. The number of rotatable bonds is 7. The van der Waals surface area contributed by atoms with Crippen LogP contribution in [0.4, 0.5) is 5.69 Å². The number of nitrogens with zero attached hydrogens (tertiary/aromatic N) is 3. The molecule has 0 fully saturated rings. The fourth-order valence-electron chi connectivity index (χ4n) is 3.28. The van der Waals surface area contributed by atoms with Gasteiger partial charge in [0, 0.05) is 56.6 Å². The first-order valence-corrected chi connectivity index (χ1v) is 9.54. The van der Waals surface area contributed by atoms with Crippen LogP contribution in [-0.4, -0.2) is 41.3 Å². The number of carbonyl (C=O) groups excluding carboxylic acids is 1. The number of fused-ring (bicyclic) bond motifs is 1. The molecule has 8 heteroatoms. The van der Waals surface area contributed by atoms with Crippen LogP contribution in [0.25, 0.3) is 0 Å². The number of para-hydroxylation sites is 1. The first-order valence-electron chi connectivity index (χ1n) is 9.54. The molecule has 2 unspecified atom stereocenters. The van der Waals surface area contributed by atoms with E-state index in [2.05, 4.69) is 34.0 Å². The number of anilines is 1. The van der Waals surface area contributed by atoms with Crippen LogP contribution in [0.1, 0.15) is 31.7 Å². The smallest absolute Gasteiger partial charge is 0.225 e. The van der Waals surface area contributed by atoms with Gasteiger partial charge in [0.25, 0.3) is 0 Å². The predicted octanol–water partition coefficient (Wildman–Crippen LogP) is 2.82. The molecule has 2 aromatic rings. The molecule has 0 saturated carbocycles. The van der Waals surface area contributed by atoms with Gasteiger partial charge in [-0.2, -0.15) is 5.10 Å². The van der Waals surface area contributed by atoms with E-state index in [4.69, 9.17) is 4.99 Å². The van der Waals surface area contributed by atoms with Gasteiger partial charge in [-0.3, -0.25) is 14.5 Å². The summed E-state index contributed by atoms with van der Waals surface area (Å²) >= 11 is 0. The Balaban J connectivity index is 0.00000280. The quantitative estimate of drug-likeness (QED) is 0.313. The first kappa shape index (κ1) is 22.2. The number of hydrogen-bond donors (Lipinski definition) is 3. The average Bonchev–Trinajstić information content (AvgIpc) is 3.16. The molecule has 1 aliphatic rings. The van der Waals surface area contributed by atoms with Crippen LogP contribution in [0.15, 0.2) is 47.7 Å². The molecule has 1 aromatic heterocycles. The van der Waals surface area contributed by atoms with E-state index in [1.165, 1.54) is 5.56 Å². The highest BCUT2D eigenvalue weighted by atomic mass is 127. The molecule has 0 aliphatic carbocycles. The normalized spacial score (nSPS) is 17.1. The summed E-state index contributed by atoms with van der Waals surface area (Å²) < 4.78 is 1.93. The van der Waals surface area contributed by atoms with Gasteiger partial charge in [0.2, 0.25) is 5.91 Å². The number of nitrogens with one attached hydrogen (secondary N) is 3. The van der Waals surface area contributed by atoms with E-state index in [9.17, 15) is 4.79 Å². The maximum atomic E-state index is 12.0. The Morgan fingerprint density at radius 1 is 1.36 bits per heavy atom. The van der Waals surface area contributed by atoms with Crippen molar-refractivity contribution in [3.05, 3.63) is 48.3 Å². The molecule has 28 heavy (non-hydrogen) atoms. The van der Waals surface area contributed by atoms with Gasteiger partial charge in [0.05, 0.1) is 0 Å². The molecular weight excluding hydrogens is 467 g/mol. The van der Waals surface area contributed by atoms with Gasteiger partial charge in [-0.1, -0.05) is 25.1 Å². The fourth-order valence-corrected chi connectivity index (χ4v) is 3.28. The van der Waals surface area contributed by atoms with Crippen LogP contribution in [-0.2, 0) is 11.3 Å². The van der Waals surface area contributed by atoms with Crippen molar-refractivity contribution in [1.82, 2.24) is 20.4 Å². The van der Waals surface area contributed by atoms with E-state index in [-0.39, 0.29) is 35.8 Å². The molecular formula is C20H29IN6O. The Kier molecular flexibility index (Phi) is 8.75. The SMILES string of the molecule is CCNC(=NCC(C)Cn1cccn1)NCC1CC(=O)Nc2ccccc21.I. The van der Waals surface area contributed by atoms with Gasteiger partial charge in [0.1, 0.15) is 0 Å². The van der Waals surface area contributed by atoms with Crippen molar-refractivity contribution in [3.8, 4) is 0 Å². The Hall–Kier alpha value is -2.10. The summed E-state index contributed by atoms with van der Waals surface area (Å²) in [4.78, 5) is 16.7. The predicted molar refractivity (Wildman–Crippen MR) is 123 cm³/mol. The Bertz CT molecular complexity index is 777. The number of aromatic nitrogens is 2. The number of halogens is 1. The van der Waals surface area contributed by atoms with Crippen LogP contribution in [0.5, 0.6) is 0 Å². The van der Waals surface area contributed by atoms with Crippen LogP contribution in [0, 0.1) is 5.92 Å². The Labute approximate surface area is 183 Å². The standard InChI is InChI=1S/C20H28N6O.HI/c1-3-21-20(22-12-15(2)14-26-10-6-9-24-26)23-13-16-11-19(27)25-18-8-5-4-7-17(16)18;/h4-10,15-16H,3,11-14H2,1-2H3,(H,25,27)(H2,21,22,23);1H. The lowest BCUT2D eigenvalue weighted by atomic mass is 9.90. The minimum absolute atomic E-state index is 0. The summed E-state index contributed by atoms with van der Waals surface area (Å²) in [6, 6.07) is 9.92.